The Labute approximate surface area is 174 Å². The fraction of sp³-hybridized carbons (Fsp3) is 0.286. The third-order valence-corrected chi connectivity index (χ3v) is 7.53. The molecule has 1 amide bonds. The second-order valence-corrected chi connectivity index (χ2v) is 9.87. The quantitative estimate of drug-likeness (QED) is 0.656. The highest BCUT2D eigenvalue weighted by Gasteiger charge is 2.22. The molecule has 1 aliphatic heterocycles. The van der Waals surface area contributed by atoms with E-state index in [1.165, 1.54) is 17.4 Å². The van der Waals surface area contributed by atoms with Gasteiger partial charge in [0.05, 0.1) is 16.9 Å². The molecule has 0 spiro atoms. The van der Waals surface area contributed by atoms with Crippen molar-refractivity contribution in [2.45, 2.75) is 24.7 Å². The molecule has 8 heteroatoms. The van der Waals surface area contributed by atoms with Crippen LogP contribution in [0, 0.1) is 6.92 Å². The smallest absolute Gasteiger partial charge is 0.263 e. The zero-order valence-electron chi connectivity index (χ0n) is 16.3. The van der Waals surface area contributed by atoms with E-state index >= 15 is 0 Å². The highest BCUT2D eigenvalue weighted by Crippen LogP contribution is 2.31. The van der Waals surface area contributed by atoms with Gasteiger partial charge in [-0.3, -0.25) is 9.52 Å². The summed E-state index contributed by atoms with van der Waals surface area (Å²) in [6.45, 7) is 3.41. The number of nitrogens with zero attached hydrogens (tertiary/aromatic N) is 1. The summed E-state index contributed by atoms with van der Waals surface area (Å²) in [5, 5.41) is 0.851. The second-order valence-electron chi connectivity index (χ2n) is 7.10. The summed E-state index contributed by atoms with van der Waals surface area (Å²) in [7, 11) is -2.18. The Hall–Kier alpha value is -2.58. The molecule has 2 aromatic carbocycles. The number of amides is 1. The van der Waals surface area contributed by atoms with Crippen molar-refractivity contribution in [3.8, 4) is 5.75 Å². The first-order valence-corrected chi connectivity index (χ1v) is 11.7. The molecule has 4 rings (SSSR count). The highest BCUT2D eigenvalue weighted by molar-refractivity contribution is 7.92. The molecule has 1 aromatic heterocycles. The number of methoxy groups -OCH3 is 1. The molecule has 3 aromatic rings. The minimum Gasteiger partial charge on any atom is -0.496 e. The number of aryl methyl sites for hydroxylation is 1. The van der Waals surface area contributed by atoms with Crippen LogP contribution in [-0.2, 0) is 10.0 Å². The first-order valence-electron chi connectivity index (χ1n) is 9.38. The minimum absolute atomic E-state index is 0.0551. The van der Waals surface area contributed by atoms with Gasteiger partial charge in [0.25, 0.3) is 15.9 Å². The molecule has 2 heterocycles. The molecule has 0 bridgehead atoms. The van der Waals surface area contributed by atoms with Gasteiger partial charge in [0.2, 0.25) is 0 Å². The van der Waals surface area contributed by atoms with Crippen LogP contribution in [0.25, 0.3) is 10.1 Å². The monoisotopic (exact) mass is 430 g/mol. The van der Waals surface area contributed by atoms with Crippen LogP contribution in [0.3, 0.4) is 0 Å². The molecule has 6 nitrogen and oxygen atoms in total. The fourth-order valence-corrected chi connectivity index (χ4v) is 5.67. The number of hydrogen-bond acceptors (Lipinski definition) is 5. The van der Waals surface area contributed by atoms with Gasteiger partial charge in [0.1, 0.15) is 5.75 Å². The summed E-state index contributed by atoms with van der Waals surface area (Å²) >= 11 is 1.44. The number of hydrogen-bond donors (Lipinski definition) is 1. The first kappa shape index (κ1) is 19.7. The number of fused-ring (bicyclic) bond motifs is 1. The van der Waals surface area contributed by atoms with E-state index in [9.17, 15) is 13.2 Å². The van der Waals surface area contributed by atoms with Crippen molar-refractivity contribution >= 4 is 43.0 Å². The molecular weight excluding hydrogens is 408 g/mol. The molecule has 1 fully saturated rings. The molecule has 29 heavy (non-hydrogen) atoms. The maximum atomic E-state index is 12.8. The Morgan fingerprint density at radius 3 is 2.55 bits per heavy atom. The Kier molecular flexibility index (Phi) is 5.23. The summed E-state index contributed by atoms with van der Waals surface area (Å²) < 4.78 is 34.3. The number of nitrogens with one attached hydrogen (secondary N) is 1. The summed E-state index contributed by atoms with van der Waals surface area (Å²) in [6.07, 6.45) is 2.10. The summed E-state index contributed by atoms with van der Waals surface area (Å²) in [5.41, 5.74) is 1.21. The van der Waals surface area contributed by atoms with Crippen LogP contribution in [-0.4, -0.2) is 39.4 Å². The number of thiophene rings is 1. The molecule has 0 unspecified atom stereocenters. The Balaban J connectivity index is 1.59. The Bertz CT molecular complexity index is 1180. The lowest BCUT2D eigenvalue weighted by Crippen LogP contribution is -2.26. The van der Waals surface area contributed by atoms with Crippen molar-refractivity contribution in [3.05, 3.63) is 52.9 Å². The number of carbonyl (C=O) groups is 1. The number of benzene rings is 2. The Morgan fingerprint density at radius 1 is 1.10 bits per heavy atom. The number of sulfonamides is 1. The van der Waals surface area contributed by atoms with E-state index in [0.29, 0.717) is 16.3 Å². The molecule has 1 saturated heterocycles. The van der Waals surface area contributed by atoms with Crippen molar-refractivity contribution in [2.24, 2.45) is 0 Å². The lowest BCUT2D eigenvalue weighted by Gasteiger charge is -2.13. The van der Waals surface area contributed by atoms with Crippen molar-refractivity contribution in [3.63, 3.8) is 0 Å². The maximum Gasteiger partial charge on any atom is 0.263 e. The van der Waals surface area contributed by atoms with Gasteiger partial charge in [-0.05, 0) is 73.2 Å². The van der Waals surface area contributed by atoms with Crippen LogP contribution in [0.15, 0.2) is 47.4 Å². The van der Waals surface area contributed by atoms with E-state index in [0.717, 1.165) is 41.6 Å². The van der Waals surface area contributed by atoms with Crippen molar-refractivity contribution < 1.29 is 17.9 Å². The van der Waals surface area contributed by atoms with Crippen LogP contribution in [0.5, 0.6) is 5.75 Å². The molecule has 0 saturated carbocycles. The van der Waals surface area contributed by atoms with E-state index in [1.54, 1.807) is 38.3 Å². The molecule has 0 aliphatic carbocycles. The van der Waals surface area contributed by atoms with Crippen LogP contribution in [0.1, 0.15) is 28.1 Å². The largest absolute Gasteiger partial charge is 0.496 e. The van der Waals surface area contributed by atoms with Crippen LogP contribution >= 0.6 is 11.3 Å². The van der Waals surface area contributed by atoms with Crippen molar-refractivity contribution in [1.29, 1.82) is 0 Å². The molecule has 0 radical (unpaired) electrons. The Morgan fingerprint density at radius 2 is 1.86 bits per heavy atom. The predicted molar refractivity (Wildman–Crippen MR) is 116 cm³/mol. The van der Waals surface area contributed by atoms with Gasteiger partial charge in [-0.1, -0.05) is 0 Å². The number of likely N-dealkylation sites (tertiary alicyclic amines) is 1. The van der Waals surface area contributed by atoms with Gasteiger partial charge in [0.15, 0.2) is 0 Å². The van der Waals surface area contributed by atoms with E-state index < -0.39 is 10.0 Å². The zero-order valence-corrected chi connectivity index (χ0v) is 17.9. The van der Waals surface area contributed by atoms with Gasteiger partial charge in [-0.2, -0.15) is 0 Å². The van der Waals surface area contributed by atoms with Gasteiger partial charge >= 0.3 is 0 Å². The van der Waals surface area contributed by atoms with E-state index in [4.69, 9.17) is 4.74 Å². The summed E-state index contributed by atoms with van der Waals surface area (Å²) in [4.78, 5) is 15.3. The standard InChI is InChI=1S/C21H22N2O4S2/c1-14-11-17(6-7-18(14)27-2)29(25,26)22-16-5-8-19-15(12-16)13-20(28-19)21(24)23-9-3-4-10-23/h5-8,11-13,22H,3-4,9-10H2,1-2H3. The van der Waals surface area contributed by atoms with Gasteiger partial charge in [-0.15, -0.1) is 11.3 Å². The third-order valence-electron chi connectivity index (χ3n) is 5.05. The number of rotatable bonds is 5. The topological polar surface area (TPSA) is 75.7 Å². The van der Waals surface area contributed by atoms with E-state index in [1.807, 2.05) is 17.0 Å². The lowest BCUT2D eigenvalue weighted by molar-refractivity contribution is 0.0797. The van der Waals surface area contributed by atoms with Gasteiger partial charge < -0.3 is 9.64 Å². The fourth-order valence-electron chi connectivity index (χ4n) is 3.52. The number of anilines is 1. The average molecular weight is 431 g/mol. The van der Waals surface area contributed by atoms with Gasteiger partial charge in [0, 0.05) is 23.5 Å². The predicted octanol–water partition coefficient (Wildman–Crippen LogP) is 4.26. The summed E-state index contributed by atoms with van der Waals surface area (Å²) in [6, 6.07) is 11.9. The van der Waals surface area contributed by atoms with Gasteiger partial charge in [-0.25, -0.2) is 8.42 Å². The van der Waals surface area contributed by atoms with Crippen LogP contribution in [0.2, 0.25) is 0 Å². The zero-order chi connectivity index (χ0) is 20.6. The first-order chi connectivity index (χ1) is 13.9. The van der Waals surface area contributed by atoms with Crippen molar-refractivity contribution in [2.75, 3.05) is 24.9 Å². The lowest BCUT2D eigenvalue weighted by atomic mass is 10.2. The maximum absolute atomic E-state index is 12.8. The molecule has 1 aliphatic rings. The molecular formula is C21H22N2O4S2. The van der Waals surface area contributed by atoms with Crippen LogP contribution in [0.4, 0.5) is 5.69 Å². The molecule has 1 N–H and O–H groups in total. The second kappa shape index (κ2) is 7.68. The SMILES string of the molecule is COc1ccc(S(=O)(=O)Nc2ccc3sc(C(=O)N4CCCC4)cc3c2)cc1C. The van der Waals surface area contributed by atoms with Crippen molar-refractivity contribution in [1.82, 2.24) is 4.90 Å². The van der Waals surface area contributed by atoms with Crippen LogP contribution < -0.4 is 9.46 Å². The third kappa shape index (κ3) is 3.95. The number of ether oxygens (including phenoxy) is 1. The minimum atomic E-state index is -3.73. The number of carbonyl (C=O) groups excluding carboxylic acids is 1. The van der Waals surface area contributed by atoms with E-state index in [-0.39, 0.29) is 10.8 Å². The average Bonchev–Trinajstić information content (AvgIpc) is 3.36. The van der Waals surface area contributed by atoms with E-state index in [2.05, 4.69) is 4.72 Å². The highest BCUT2D eigenvalue weighted by atomic mass is 32.2. The molecule has 152 valence electrons. The summed E-state index contributed by atoms with van der Waals surface area (Å²) in [5.74, 6) is 0.693. The molecule has 0 atom stereocenters. The normalized spacial score (nSPS) is 14.3.